The molecule has 0 radical (unpaired) electrons. The van der Waals surface area contributed by atoms with Gasteiger partial charge in [-0.15, -0.1) is 0 Å². The molecular weight excluding hydrogens is 246 g/mol. The Morgan fingerprint density at radius 2 is 1.55 bits per heavy atom. The number of nitrogens with zero attached hydrogens (tertiary/aromatic N) is 1. The minimum absolute atomic E-state index is 0.139. The third kappa shape index (κ3) is 3.07. The highest BCUT2D eigenvalue weighted by Gasteiger charge is 2.44. The summed E-state index contributed by atoms with van der Waals surface area (Å²) in [5.74, 6) is 0. The van der Waals surface area contributed by atoms with E-state index in [0.717, 1.165) is 5.56 Å². The second kappa shape index (κ2) is 5.16. The van der Waals surface area contributed by atoms with Crippen LogP contribution in [-0.2, 0) is 5.60 Å². The number of benzene rings is 1. The molecule has 1 N–H and O–H groups in total. The SMILES string of the molecule is CC(O)(CN1C(C)(C)CCCC1(C)C)c1ccccc1. The van der Waals surface area contributed by atoms with Crippen LogP contribution in [0.4, 0.5) is 0 Å². The predicted octanol–water partition coefficient (Wildman–Crippen LogP) is 3.94. The van der Waals surface area contributed by atoms with Gasteiger partial charge < -0.3 is 5.11 Å². The minimum atomic E-state index is -0.812. The van der Waals surface area contributed by atoms with Gasteiger partial charge in [0.25, 0.3) is 0 Å². The first-order chi connectivity index (χ1) is 9.15. The third-order valence-corrected chi connectivity index (χ3v) is 4.90. The summed E-state index contributed by atoms with van der Waals surface area (Å²) in [6.07, 6.45) is 3.66. The van der Waals surface area contributed by atoms with E-state index in [-0.39, 0.29) is 11.1 Å². The van der Waals surface area contributed by atoms with Crippen molar-refractivity contribution in [1.82, 2.24) is 4.90 Å². The maximum Gasteiger partial charge on any atom is 0.0995 e. The quantitative estimate of drug-likeness (QED) is 0.903. The topological polar surface area (TPSA) is 23.5 Å². The monoisotopic (exact) mass is 275 g/mol. The van der Waals surface area contributed by atoms with Crippen molar-refractivity contribution in [3.05, 3.63) is 35.9 Å². The molecule has 1 fully saturated rings. The zero-order valence-corrected chi connectivity index (χ0v) is 13.6. The lowest BCUT2D eigenvalue weighted by Crippen LogP contribution is -2.61. The van der Waals surface area contributed by atoms with Gasteiger partial charge in [-0.05, 0) is 59.4 Å². The van der Waals surface area contributed by atoms with E-state index < -0.39 is 5.60 Å². The second-order valence-electron chi connectivity index (χ2n) is 7.70. The van der Waals surface area contributed by atoms with Crippen molar-refractivity contribution in [2.45, 2.75) is 70.6 Å². The molecule has 0 amide bonds. The minimum Gasteiger partial charge on any atom is -0.384 e. The first-order valence-corrected chi connectivity index (χ1v) is 7.71. The molecule has 0 saturated carbocycles. The van der Waals surface area contributed by atoms with Gasteiger partial charge in [0, 0.05) is 17.6 Å². The van der Waals surface area contributed by atoms with Crippen LogP contribution in [0.25, 0.3) is 0 Å². The van der Waals surface area contributed by atoms with Gasteiger partial charge in [-0.25, -0.2) is 0 Å². The van der Waals surface area contributed by atoms with Gasteiger partial charge in [0.2, 0.25) is 0 Å². The average Bonchev–Trinajstić information content (AvgIpc) is 2.35. The average molecular weight is 275 g/mol. The van der Waals surface area contributed by atoms with E-state index in [1.54, 1.807) is 0 Å². The Morgan fingerprint density at radius 1 is 1.05 bits per heavy atom. The summed E-state index contributed by atoms with van der Waals surface area (Å²) >= 11 is 0. The Balaban J connectivity index is 2.26. The fourth-order valence-corrected chi connectivity index (χ4v) is 3.67. The Kier molecular flexibility index (Phi) is 4.01. The van der Waals surface area contributed by atoms with Crippen LogP contribution in [0.3, 0.4) is 0 Å². The summed E-state index contributed by atoms with van der Waals surface area (Å²) in [6, 6.07) is 10.0. The van der Waals surface area contributed by atoms with Crippen LogP contribution in [0.1, 0.15) is 59.4 Å². The summed E-state index contributed by atoms with van der Waals surface area (Å²) in [6.45, 7) is 11.8. The van der Waals surface area contributed by atoms with Gasteiger partial charge in [0.05, 0.1) is 5.60 Å². The number of likely N-dealkylation sites (tertiary alicyclic amines) is 1. The number of hydrogen-bond donors (Lipinski definition) is 1. The molecule has 2 rings (SSSR count). The van der Waals surface area contributed by atoms with Crippen LogP contribution < -0.4 is 0 Å². The molecule has 112 valence electrons. The maximum absolute atomic E-state index is 11.0. The van der Waals surface area contributed by atoms with Gasteiger partial charge in [-0.2, -0.15) is 0 Å². The van der Waals surface area contributed by atoms with Crippen LogP contribution in [0.2, 0.25) is 0 Å². The van der Waals surface area contributed by atoms with E-state index in [1.807, 2.05) is 37.3 Å². The van der Waals surface area contributed by atoms with Crippen LogP contribution in [-0.4, -0.2) is 27.6 Å². The van der Waals surface area contributed by atoms with E-state index >= 15 is 0 Å². The van der Waals surface area contributed by atoms with Crippen LogP contribution in [0.5, 0.6) is 0 Å². The molecule has 0 spiro atoms. The van der Waals surface area contributed by atoms with Crippen molar-refractivity contribution >= 4 is 0 Å². The molecule has 20 heavy (non-hydrogen) atoms. The lowest BCUT2D eigenvalue weighted by atomic mass is 9.78. The maximum atomic E-state index is 11.0. The van der Waals surface area contributed by atoms with E-state index in [2.05, 4.69) is 32.6 Å². The first kappa shape index (κ1) is 15.5. The summed E-state index contributed by atoms with van der Waals surface area (Å²) in [4.78, 5) is 2.50. The lowest BCUT2D eigenvalue weighted by molar-refractivity contribution is -0.0870. The standard InChI is InChI=1S/C18H29NO/c1-16(2)12-9-13-17(3,4)19(16)14-18(5,20)15-10-7-6-8-11-15/h6-8,10-11,20H,9,12-14H2,1-5H3. The van der Waals surface area contributed by atoms with Crippen molar-refractivity contribution in [1.29, 1.82) is 0 Å². The normalized spacial score (nSPS) is 25.1. The molecule has 2 heteroatoms. The molecule has 1 saturated heterocycles. The van der Waals surface area contributed by atoms with Crippen molar-refractivity contribution in [3.63, 3.8) is 0 Å². The Morgan fingerprint density at radius 3 is 2.05 bits per heavy atom. The van der Waals surface area contributed by atoms with Gasteiger partial charge >= 0.3 is 0 Å². The molecule has 1 aliphatic rings. The molecular formula is C18H29NO. The Bertz CT molecular complexity index is 432. The van der Waals surface area contributed by atoms with E-state index in [1.165, 1.54) is 19.3 Å². The Hall–Kier alpha value is -0.860. The fraction of sp³-hybridized carbons (Fsp3) is 0.667. The number of hydrogen-bond acceptors (Lipinski definition) is 2. The highest BCUT2D eigenvalue weighted by molar-refractivity contribution is 5.22. The van der Waals surface area contributed by atoms with E-state index in [4.69, 9.17) is 0 Å². The molecule has 1 aromatic rings. The van der Waals surface area contributed by atoms with Gasteiger partial charge in [0.15, 0.2) is 0 Å². The summed E-state index contributed by atoms with van der Waals surface area (Å²) < 4.78 is 0. The molecule has 1 unspecified atom stereocenters. The molecule has 1 aromatic carbocycles. The number of piperidine rings is 1. The van der Waals surface area contributed by atoms with Crippen LogP contribution in [0.15, 0.2) is 30.3 Å². The number of aliphatic hydroxyl groups is 1. The fourth-order valence-electron chi connectivity index (χ4n) is 3.67. The predicted molar refractivity (Wildman–Crippen MR) is 84.7 cm³/mol. The highest BCUT2D eigenvalue weighted by atomic mass is 16.3. The zero-order valence-electron chi connectivity index (χ0n) is 13.6. The number of β-amino-alcohol motifs (C(OH)–C–C–N with tert-alkyl or cyclic N) is 1. The highest BCUT2D eigenvalue weighted by Crippen LogP contribution is 2.40. The Labute approximate surface area is 123 Å². The number of rotatable bonds is 3. The molecule has 0 aromatic heterocycles. The van der Waals surface area contributed by atoms with E-state index in [9.17, 15) is 5.11 Å². The molecule has 1 aliphatic heterocycles. The van der Waals surface area contributed by atoms with Crippen molar-refractivity contribution < 1.29 is 5.11 Å². The van der Waals surface area contributed by atoms with Crippen LogP contribution >= 0.6 is 0 Å². The first-order valence-electron chi connectivity index (χ1n) is 7.71. The van der Waals surface area contributed by atoms with Crippen molar-refractivity contribution in [3.8, 4) is 0 Å². The summed E-state index contributed by atoms with van der Waals surface area (Å²) in [5.41, 5.74) is 0.464. The van der Waals surface area contributed by atoms with Crippen LogP contribution in [0, 0.1) is 0 Å². The second-order valence-corrected chi connectivity index (χ2v) is 7.70. The van der Waals surface area contributed by atoms with Gasteiger partial charge in [-0.1, -0.05) is 30.3 Å². The summed E-state index contributed by atoms with van der Waals surface area (Å²) in [5, 5.41) is 11.0. The molecule has 2 nitrogen and oxygen atoms in total. The lowest BCUT2D eigenvalue weighted by Gasteiger charge is -2.55. The molecule has 1 atom stereocenters. The molecule has 1 heterocycles. The largest absolute Gasteiger partial charge is 0.384 e. The molecule has 0 bridgehead atoms. The molecule has 0 aliphatic carbocycles. The van der Waals surface area contributed by atoms with Gasteiger partial charge in [0.1, 0.15) is 0 Å². The summed E-state index contributed by atoms with van der Waals surface area (Å²) in [7, 11) is 0. The van der Waals surface area contributed by atoms with Crippen molar-refractivity contribution in [2.75, 3.05) is 6.54 Å². The smallest absolute Gasteiger partial charge is 0.0995 e. The van der Waals surface area contributed by atoms with Gasteiger partial charge in [-0.3, -0.25) is 4.90 Å². The van der Waals surface area contributed by atoms with Crippen molar-refractivity contribution in [2.24, 2.45) is 0 Å². The zero-order chi connectivity index (χ0) is 15.0. The van der Waals surface area contributed by atoms with E-state index in [0.29, 0.717) is 6.54 Å². The third-order valence-electron chi connectivity index (χ3n) is 4.90.